The maximum absolute atomic E-state index is 10.5. The van der Waals surface area contributed by atoms with Crippen LogP contribution in [0.25, 0.3) is 0 Å². The van der Waals surface area contributed by atoms with E-state index in [0.717, 1.165) is 18.6 Å². The normalized spacial score (nSPS) is 20.4. The molecule has 0 radical (unpaired) electrons. The maximum atomic E-state index is 10.5. The van der Waals surface area contributed by atoms with Crippen LogP contribution in [-0.2, 0) is 0 Å². The summed E-state index contributed by atoms with van der Waals surface area (Å²) < 4.78 is 5.66. The van der Waals surface area contributed by atoms with E-state index in [1.54, 1.807) is 12.1 Å². The zero-order chi connectivity index (χ0) is 12.1. The predicted octanol–water partition coefficient (Wildman–Crippen LogP) is 2.36. The van der Waals surface area contributed by atoms with Crippen molar-refractivity contribution in [1.82, 2.24) is 4.90 Å². The summed E-state index contributed by atoms with van der Waals surface area (Å²) in [6.45, 7) is 5.15. The zero-order valence-electron chi connectivity index (χ0n) is 10.3. The van der Waals surface area contributed by atoms with Crippen molar-refractivity contribution in [3.63, 3.8) is 0 Å². The van der Waals surface area contributed by atoms with E-state index in [9.17, 15) is 4.79 Å². The maximum Gasteiger partial charge on any atom is 0.150 e. The first-order chi connectivity index (χ1) is 8.29. The van der Waals surface area contributed by atoms with E-state index < -0.39 is 0 Å². The molecule has 17 heavy (non-hydrogen) atoms. The molecule has 0 spiro atoms. The largest absolute Gasteiger partial charge is 0.492 e. The number of carbonyl (C=O) groups excluding carboxylic acids is 1. The van der Waals surface area contributed by atoms with Gasteiger partial charge in [0.1, 0.15) is 18.6 Å². The lowest BCUT2D eigenvalue weighted by atomic mass is 10.2. The number of hydrogen-bond acceptors (Lipinski definition) is 3. The minimum absolute atomic E-state index is 0.686. The number of carbonyl (C=O) groups is 1. The first-order valence-electron chi connectivity index (χ1n) is 6.21. The third kappa shape index (κ3) is 3.30. The fourth-order valence-electron chi connectivity index (χ4n) is 2.25. The summed E-state index contributed by atoms with van der Waals surface area (Å²) in [5, 5.41) is 0. The fourth-order valence-corrected chi connectivity index (χ4v) is 2.25. The zero-order valence-corrected chi connectivity index (χ0v) is 10.3. The smallest absolute Gasteiger partial charge is 0.150 e. The van der Waals surface area contributed by atoms with Crippen LogP contribution in [0.4, 0.5) is 0 Å². The van der Waals surface area contributed by atoms with Gasteiger partial charge in [0.2, 0.25) is 0 Å². The Kier molecular flexibility index (Phi) is 4.15. The van der Waals surface area contributed by atoms with Gasteiger partial charge < -0.3 is 4.74 Å². The number of nitrogens with zero attached hydrogens (tertiary/aromatic N) is 1. The van der Waals surface area contributed by atoms with Crippen LogP contribution >= 0.6 is 0 Å². The molecule has 1 aliphatic heterocycles. The summed E-state index contributed by atoms with van der Waals surface area (Å²) in [5.41, 5.74) is 0.686. The van der Waals surface area contributed by atoms with E-state index in [-0.39, 0.29) is 0 Å². The Morgan fingerprint density at radius 3 is 2.76 bits per heavy atom. The van der Waals surface area contributed by atoms with Crippen molar-refractivity contribution in [3.8, 4) is 5.75 Å². The van der Waals surface area contributed by atoms with Crippen molar-refractivity contribution in [3.05, 3.63) is 29.8 Å². The summed E-state index contributed by atoms with van der Waals surface area (Å²) in [6.07, 6.45) is 3.44. The molecule has 3 nitrogen and oxygen atoms in total. The SMILES string of the molecule is CC1CCCN1CCOc1ccc(C=O)cc1. The second kappa shape index (κ2) is 5.82. The third-order valence-electron chi connectivity index (χ3n) is 3.35. The molecule has 1 atom stereocenters. The molecular weight excluding hydrogens is 214 g/mol. The molecular formula is C14H19NO2. The van der Waals surface area contributed by atoms with E-state index in [1.807, 2.05) is 12.1 Å². The van der Waals surface area contributed by atoms with Crippen LogP contribution in [0, 0.1) is 0 Å². The average molecular weight is 233 g/mol. The van der Waals surface area contributed by atoms with Crippen molar-refractivity contribution < 1.29 is 9.53 Å². The van der Waals surface area contributed by atoms with Crippen LogP contribution < -0.4 is 4.74 Å². The molecule has 2 rings (SSSR count). The summed E-state index contributed by atoms with van der Waals surface area (Å²) in [4.78, 5) is 13.0. The van der Waals surface area contributed by atoms with E-state index in [4.69, 9.17) is 4.74 Å². The Labute approximate surface area is 102 Å². The van der Waals surface area contributed by atoms with Gasteiger partial charge in [-0.1, -0.05) is 0 Å². The summed E-state index contributed by atoms with van der Waals surface area (Å²) in [7, 11) is 0. The highest BCUT2D eigenvalue weighted by Crippen LogP contribution is 2.16. The van der Waals surface area contributed by atoms with Gasteiger partial charge in [-0.05, 0) is 50.6 Å². The van der Waals surface area contributed by atoms with Gasteiger partial charge in [0.25, 0.3) is 0 Å². The number of likely N-dealkylation sites (tertiary alicyclic amines) is 1. The third-order valence-corrected chi connectivity index (χ3v) is 3.35. The topological polar surface area (TPSA) is 29.5 Å². The number of aldehydes is 1. The van der Waals surface area contributed by atoms with Gasteiger partial charge in [0.15, 0.2) is 0 Å². The standard InChI is InChI=1S/C14H19NO2/c1-12-3-2-8-15(12)9-10-17-14-6-4-13(11-16)5-7-14/h4-7,11-12H,2-3,8-10H2,1H3. The van der Waals surface area contributed by atoms with Crippen LogP contribution in [0.15, 0.2) is 24.3 Å². The minimum Gasteiger partial charge on any atom is -0.492 e. The lowest BCUT2D eigenvalue weighted by Gasteiger charge is -2.20. The van der Waals surface area contributed by atoms with Gasteiger partial charge in [0, 0.05) is 18.2 Å². The highest BCUT2D eigenvalue weighted by Gasteiger charge is 2.19. The van der Waals surface area contributed by atoms with Crippen molar-refractivity contribution in [2.75, 3.05) is 19.7 Å². The first-order valence-corrected chi connectivity index (χ1v) is 6.21. The second-order valence-corrected chi connectivity index (χ2v) is 4.56. The second-order valence-electron chi connectivity index (χ2n) is 4.56. The summed E-state index contributed by atoms with van der Waals surface area (Å²) in [6, 6.07) is 7.94. The van der Waals surface area contributed by atoms with Crippen LogP contribution in [0.1, 0.15) is 30.1 Å². The molecule has 1 unspecified atom stereocenters. The van der Waals surface area contributed by atoms with E-state index >= 15 is 0 Å². The first kappa shape index (κ1) is 12.1. The van der Waals surface area contributed by atoms with Crippen LogP contribution in [0.2, 0.25) is 0 Å². The van der Waals surface area contributed by atoms with Crippen molar-refractivity contribution in [1.29, 1.82) is 0 Å². The van der Waals surface area contributed by atoms with Crippen LogP contribution in [0.5, 0.6) is 5.75 Å². The summed E-state index contributed by atoms with van der Waals surface area (Å²) in [5.74, 6) is 0.836. The molecule has 0 aliphatic carbocycles. The fraction of sp³-hybridized carbons (Fsp3) is 0.500. The molecule has 1 aromatic rings. The molecule has 1 fully saturated rings. The van der Waals surface area contributed by atoms with Gasteiger partial charge in [-0.25, -0.2) is 0 Å². The minimum atomic E-state index is 0.686. The number of hydrogen-bond donors (Lipinski definition) is 0. The van der Waals surface area contributed by atoms with Gasteiger partial charge in [0.05, 0.1) is 0 Å². The lowest BCUT2D eigenvalue weighted by Crippen LogP contribution is -2.31. The van der Waals surface area contributed by atoms with E-state index in [1.165, 1.54) is 19.4 Å². The molecule has 1 aliphatic rings. The molecule has 92 valence electrons. The highest BCUT2D eigenvalue weighted by atomic mass is 16.5. The number of rotatable bonds is 5. The Morgan fingerprint density at radius 1 is 1.41 bits per heavy atom. The molecule has 1 heterocycles. The Morgan fingerprint density at radius 2 is 2.18 bits per heavy atom. The molecule has 0 aromatic heterocycles. The molecule has 3 heteroatoms. The Balaban J connectivity index is 1.75. The lowest BCUT2D eigenvalue weighted by molar-refractivity contribution is 0.112. The van der Waals surface area contributed by atoms with Gasteiger partial charge >= 0.3 is 0 Å². The van der Waals surface area contributed by atoms with Gasteiger partial charge in [-0.15, -0.1) is 0 Å². The predicted molar refractivity (Wildman–Crippen MR) is 67.6 cm³/mol. The van der Waals surface area contributed by atoms with Crippen LogP contribution in [-0.4, -0.2) is 36.9 Å². The van der Waals surface area contributed by atoms with Crippen LogP contribution in [0.3, 0.4) is 0 Å². The van der Waals surface area contributed by atoms with E-state index in [0.29, 0.717) is 18.2 Å². The molecule has 0 N–H and O–H groups in total. The molecule has 1 aromatic carbocycles. The van der Waals surface area contributed by atoms with Gasteiger partial charge in [-0.2, -0.15) is 0 Å². The monoisotopic (exact) mass is 233 g/mol. The molecule has 0 amide bonds. The quantitative estimate of drug-likeness (QED) is 0.731. The number of benzene rings is 1. The molecule has 1 saturated heterocycles. The average Bonchev–Trinajstić information content (AvgIpc) is 2.76. The highest BCUT2D eigenvalue weighted by molar-refractivity contribution is 5.74. The summed E-state index contributed by atoms with van der Waals surface area (Å²) >= 11 is 0. The van der Waals surface area contributed by atoms with E-state index in [2.05, 4.69) is 11.8 Å². The molecule has 0 saturated carbocycles. The Hall–Kier alpha value is -1.35. The van der Waals surface area contributed by atoms with Crippen molar-refractivity contribution >= 4 is 6.29 Å². The van der Waals surface area contributed by atoms with Crippen molar-refractivity contribution in [2.45, 2.75) is 25.8 Å². The number of ether oxygens (including phenoxy) is 1. The Bertz CT molecular complexity index is 361. The van der Waals surface area contributed by atoms with Crippen molar-refractivity contribution in [2.24, 2.45) is 0 Å². The van der Waals surface area contributed by atoms with Gasteiger partial charge in [-0.3, -0.25) is 9.69 Å². The molecule has 0 bridgehead atoms.